The van der Waals surface area contributed by atoms with E-state index in [0.717, 1.165) is 43.1 Å². The largest absolute Gasteiger partial charge is 0.379 e. The number of carbonyl (C=O) groups is 1. The van der Waals surface area contributed by atoms with E-state index in [1.807, 2.05) is 10.3 Å². The number of carbonyl (C=O) groups excluding carboxylic acids is 1. The van der Waals surface area contributed by atoms with Gasteiger partial charge in [-0.15, -0.1) is 22.9 Å². The normalized spacial score (nSPS) is 16.7. The van der Waals surface area contributed by atoms with E-state index in [4.69, 9.17) is 16.3 Å². The molecule has 1 fully saturated rings. The van der Waals surface area contributed by atoms with Gasteiger partial charge in [0.15, 0.2) is 0 Å². The number of hydrogen-bond donors (Lipinski definition) is 0. The van der Waals surface area contributed by atoms with Gasteiger partial charge in [0, 0.05) is 18.5 Å². The number of hydrogen-bond acceptors (Lipinski definition) is 4. The Kier molecular flexibility index (Phi) is 6.07. The zero-order valence-corrected chi connectivity index (χ0v) is 12.5. The SMILES string of the molecule is O=C1CCOCCN1CCCCc1nc(CCl)cs1. The average molecular weight is 303 g/mol. The molecule has 1 aliphatic rings. The Bertz CT molecular complexity index is 411. The first kappa shape index (κ1) is 14.8. The van der Waals surface area contributed by atoms with Crippen LogP contribution in [0.15, 0.2) is 5.38 Å². The van der Waals surface area contributed by atoms with Crippen molar-refractivity contribution in [3.05, 3.63) is 16.1 Å². The van der Waals surface area contributed by atoms with Gasteiger partial charge in [0.25, 0.3) is 0 Å². The predicted molar refractivity (Wildman–Crippen MR) is 76.6 cm³/mol. The molecule has 1 aliphatic heterocycles. The fourth-order valence-corrected chi connectivity index (χ4v) is 3.13. The second-order valence-electron chi connectivity index (χ2n) is 4.57. The van der Waals surface area contributed by atoms with Crippen molar-refractivity contribution in [1.82, 2.24) is 9.88 Å². The molecule has 0 aromatic carbocycles. The second-order valence-corrected chi connectivity index (χ2v) is 5.78. The van der Waals surface area contributed by atoms with Gasteiger partial charge < -0.3 is 9.64 Å². The van der Waals surface area contributed by atoms with Crippen LogP contribution in [0.1, 0.15) is 30.0 Å². The van der Waals surface area contributed by atoms with Gasteiger partial charge in [-0.1, -0.05) is 0 Å². The van der Waals surface area contributed by atoms with Crippen LogP contribution in [0.25, 0.3) is 0 Å². The fraction of sp³-hybridized carbons (Fsp3) is 0.692. The van der Waals surface area contributed by atoms with Gasteiger partial charge >= 0.3 is 0 Å². The summed E-state index contributed by atoms with van der Waals surface area (Å²) in [7, 11) is 0. The molecule has 0 atom stereocenters. The Balaban J connectivity index is 1.66. The van der Waals surface area contributed by atoms with Crippen molar-refractivity contribution in [2.24, 2.45) is 0 Å². The maximum absolute atomic E-state index is 11.7. The van der Waals surface area contributed by atoms with Crippen LogP contribution < -0.4 is 0 Å². The smallest absolute Gasteiger partial charge is 0.224 e. The molecule has 0 bridgehead atoms. The van der Waals surface area contributed by atoms with E-state index in [1.54, 1.807) is 11.3 Å². The Morgan fingerprint density at radius 3 is 3.11 bits per heavy atom. The van der Waals surface area contributed by atoms with Gasteiger partial charge in [-0.25, -0.2) is 4.98 Å². The third-order valence-corrected chi connectivity index (χ3v) is 4.35. The van der Waals surface area contributed by atoms with Crippen molar-refractivity contribution in [3.8, 4) is 0 Å². The fourth-order valence-electron chi connectivity index (χ4n) is 2.06. The number of halogens is 1. The van der Waals surface area contributed by atoms with E-state index in [1.165, 1.54) is 0 Å². The van der Waals surface area contributed by atoms with Gasteiger partial charge in [-0.05, 0) is 19.3 Å². The number of rotatable bonds is 6. The molecule has 0 radical (unpaired) electrons. The zero-order valence-electron chi connectivity index (χ0n) is 10.9. The third kappa shape index (κ3) is 4.75. The van der Waals surface area contributed by atoms with E-state index >= 15 is 0 Å². The monoisotopic (exact) mass is 302 g/mol. The molecule has 4 nitrogen and oxygen atoms in total. The van der Waals surface area contributed by atoms with Crippen molar-refractivity contribution in [3.63, 3.8) is 0 Å². The summed E-state index contributed by atoms with van der Waals surface area (Å²) >= 11 is 7.39. The first-order valence-electron chi connectivity index (χ1n) is 6.64. The molecule has 0 spiro atoms. The Morgan fingerprint density at radius 2 is 2.32 bits per heavy atom. The summed E-state index contributed by atoms with van der Waals surface area (Å²) in [5.74, 6) is 0.704. The van der Waals surface area contributed by atoms with E-state index in [-0.39, 0.29) is 5.91 Å². The topological polar surface area (TPSA) is 42.4 Å². The molecule has 1 saturated heterocycles. The molecule has 1 amide bonds. The van der Waals surface area contributed by atoms with Crippen molar-refractivity contribution >= 4 is 28.8 Å². The van der Waals surface area contributed by atoms with E-state index < -0.39 is 0 Å². The highest BCUT2D eigenvalue weighted by Crippen LogP contribution is 2.14. The molecule has 0 aliphatic carbocycles. The summed E-state index contributed by atoms with van der Waals surface area (Å²) in [5, 5.41) is 3.15. The molecule has 0 saturated carbocycles. The van der Waals surface area contributed by atoms with Crippen molar-refractivity contribution < 1.29 is 9.53 Å². The first-order chi connectivity index (χ1) is 9.29. The van der Waals surface area contributed by atoms with E-state index in [9.17, 15) is 4.79 Å². The Hall–Kier alpha value is -0.650. The number of ether oxygens (including phenoxy) is 1. The maximum Gasteiger partial charge on any atom is 0.224 e. The lowest BCUT2D eigenvalue weighted by molar-refractivity contribution is -0.130. The van der Waals surface area contributed by atoms with Gasteiger partial charge in [-0.2, -0.15) is 0 Å². The Labute approximate surface area is 122 Å². The lowest BCUT2D eigenvalue weighted by atomic mass is 10.2. The van der Waals surface area contributed by atoms with Crippen molar-refractivity contribution in [1.29, 1.82) is 0 Å². The number of aromatic nitrogens is 1. The van der Waals surface area contributed by atoms with E-state index in [2.05, 4.69) is 4.98 Å². The summed E-state index contributed by atoms with van der Waals surface area (Å²) in [6.45, 7) is 2.79. The third-order valence-electron chi connectivity index (χ3n) is 3.12. The number of unbranched alkanes of at least 4 members (excludes halogenated alkanes) is 1. The van der Waals surface area contributed by atoms with Crippen molar-refractivity contribution in [2.75, 3.05) is 26.3 Å². The standard InChI is InChI=1S/C13H19ClN2O2S/c14-9-11-10-19-12(15-11)3-1-2-5-16-6-8-18-7-4-13(16)17/h10H,1-9H2. The summed E-state index contributed by atoms with van der Waals surface area (Å²) in [6.07, 6.45) is 3.56. The van der Waals surface area contributed by atoms with Gasteiger partial charge in [0.05, 0.1) is 36.2 Å². The van der Waals surface area contributed by atoms with Crippen LogP contribution in [-0.2, 0) is 21.8 Å². The summed E-state index contributed by atoms with van der Waals surface area (Å²) < 4.78 is 5.30. The number of amides is 1. The lowest BCUT2D eigenvalue weighted by Gasteiger charge is -2.19. The first-order valence-corrected chi connectivity index (χ1v) is 8.06. The van der Waals surface area contributed by atoms with Crippen LogP contribution in [0, 0.1) is 0 Å². The van der Waals surface area contributed by atoms with Crippen molar-refractivity contribution in [2.45, 2.75) is 31.6 Å². The van der Waals surface area contributed by atoms with Crippen LogP contribution in [0.4, 0.5) is 0 Å². The predicted octanol–water partition coefficient (Wildman–Crippen LogP) is 2.45. The second kappa shape index (κ2) is 7.82. The maximum atomic E-state index is 11.7. The van der Waals surface area contributed by atoms with E-state index in [0.29, 0.717) is 25.5 Å². The van der Waals surface area contributed by atoms with Crippen LogP contribution in [0.3, 0.4) is 0 Å². The summed E-state index contributed by atoms with van der Waals surface area (Å²) in [6, 6.07) is 0. The highest BCUT2D eigenvalue weighted by Gasteiger charge is 2.15. The zero-order chi connectivity index (χ0) is 13.5. The quantitative estimate of drug-likeness (QED) is 0.599. The minimum Gasteiger partial charge on any atom is -0.379 e. The molecule has 2 rings (SSSR count). The molecule has 106 valence electrons. The van der Waals surface area contributed by atoms with Crippen LogP contribution in [0.2, 0.25) is 0 Å². The number of nitrogens with zero attached hydrogens (tertiary/aromatic N) is 2. The number of thiazole rings is 1. The molecule has 0 N–H and O–H groups in total. The average Bonchev–Trinajstić information content (AvgIpc) is 2.79. The molecule has 2 heterocycles. The molecule has 6 heteroatoms. The molecule has 0 unspecified atom stereocenters. The minimum absolute atomic E-state index is 0.219. The Morgan fingerprint density at radius 1 is 1.42 bits per heavy atom. The molecular weight excluding hydrogens is 284 g/mol. The number of aryl methyl sites for hydroxylation is 1. The van der Waals surface area contributed by atoms with Gasteiger partial charge in [-0.3, -0.25) is 4.79 Å². The summed E-state index contributed by atoms with van der Waals surface area (Å²) in [5.41, 5.74) is 0.960. The molecule has 1 aromatic heterocycles. The van der Waals surface area contributed by atoms with Gasteiger partial charge in [0.1, 0.15) is 0 Å². The van der Waals surface area contributed by atoms with Crippen LogP contribution in [-0.4, -0.2) is 42.1 Å². The highest BCUT2D eigenvalue weighted by atomic mass is 35.5. The van der Waals surface area contributed by atoms with Crippen LogP contribution >= 0.6 is 22.9 Å². The molecule has 19 heavy (non-hydrogen) atoms. The molecule has 1 aromatic rings. The number of alkyl halides is 1. The summed E-state index contributed by atoms with van der Waals surface area (Å²) in [4.78, 5) is 18.1. The lowest BCUT2D eigenvalue weighted by Crippen LogP contribution is -2.32. The van der Waals surface area contributed by atoms with Gasteiger partial charge in [0.2, 0.25) is 5.91 Å². The molecular formula is C13H19ClN2O2S. The minimum atomic E-state index is 0.219. The highest BCUT2D eigenvalue weighted by molar-refractivity contribution is 7.09. The van der Waals surface area contributed by atoms with Crippen LogP contribution in [0.5, 0.6) is 0 Å².